The molecule has 0 aliphatic heterocycles. The predicted molar refractivity (Wildman–Crippen MR) is 75.0 cm³/mol. The SMILES string of the molecule is O=C(NCC1(C(=O)O)CCCC1)c1ccc(F)c(Br)c1. The number of hydrogen-bond donors (Lipinski definition) is 2. The zero-order chi connectivity index (χ0) is 14.8. The first-order chi connectivity index (χ1) is 9.44. The van der Waals surface area contributed by atoms with E-state index >= 15 is 0 Å². The van der Waals surface area contributed by atoms with E-state index in [1.54, 1.807) is 0 Å². The maximum atomic E-state index is 13.1. The molecule has 108 valence electrons. The van der Waals surface area contributed by atoms with E-state index in [0.29, 0.717) is 18.4 Å². The molecule has 0 bridgehead atoms. The van der Waals surface area contributed by atoms with Crippen LogP contribution in [-0.4, -0.2) is 23.5 Å². The zero-order valence-corrected chi connectivity index (χ0v) is 12.4. The highest BCUT2D eigenvalue weighted by Gasteiger charge is 2.41. The summed E-state index contributed by atoms with van der Waals surface area (Å²) in [6.45, 7) is 0.107. The maximum Gasteiger partial charge on any atom is 0.311 e. The van der Waals surface area contributed by atoms with Crippen molar-refractivity contribution >= 4 is 27.8 Å². The smallest absolute Gasteiger partial charge is 0.311 e. The van der Waals surface area contributed by atoms with Gasteiger partial charge in [-0.1, -0.05) is 12.8 Å². The van der Waals surface area contributed by atoms with E-state index in [0.717, 1.165) is 12.8 Å². The lowest BCUT2D eigenvalue weighted by Gasteiger charge is -2.23. The number of amides is 1. The van der Waals surface area contributed by atoms with E-state index < -0.39 is 23.1 Å². The van der Waals surface area contributed by atoms with Crippen LogP contribution in [-0.2, 0) is 4.79 Å². The maximum absolute atomic E-state index is 13.1. The molecule has 20 heavy (non-hydrogen) atoms. The fourth-order valence-corrected chi connectivity index (χ4v) is 2.89. The average Bonchev–Trinajstić information content (AvgIpc) is 2.89. The van der Waals surface area contributed by atoms with Crippen LogP contribution in [0.5, 0.6) is 0 Å². The van der Waals surface area contributed by atoms with Gasteiger partial charge in [-0.05, 0) is 47.0 Å². The predicted octanol–water partition coefficient (Wildman–Crippen LogP) is 2.96. The normalized spacial score (nSPS) is 16.9. The molecule has 2 N–H and O–H groups in total. The molecule has 1 aromatic rings. The van der Waals surface area contributed by atoms with Crippen molar-refractivity contribution < 1.29 is 19.1 Å². The minimum absolute atomic E-state index is 0.107. The summed E-state index contributed by atoms with van der Waals surface area (Å²) < 4.78 is 13.3. The molecule has 1 aromatic carbocycles. The molecule has 0 spiro atoms. The number of nitrogens with one attached hydrogen (secondary N) is 1. The minimum Gasteiger partial charge on any atom is -0.481 e. The summed E-state index contributed by atoms with van der Waals surface area (Å²) in [5, 5.41) is 12.0. The van der Waals surface area contributed by atoms with Crippen LogP contribution in [0.2, 0.25) is 0 Å². The summed E-state index contributed by atoms with van der Waals surface area (Å²) >= 11 is 3.02. The Morgan fingerprint density at radius 3 is 2.55 bits per heavy atom. The molecule has 1 saturated carbocycles. The van der Waals surface area contributed by atoms with Crippen LogP contribution in [0.15, 0.2) is 22.7 Å². The molecule has 1 aliphatic carbocycles. The van der Waals surface area contributed by atoms with Gasteiger partial charge in [-0.15, -0.1) is 0 Å². The first kappa shape index (κ1) is 15.0. The zero-order valence-electron chi connectivity index (χ0n) is 10.8. The second-order valence-corrected chi connectivity index (χ2v) is 5.96. The van der Waals surface area contributed by atoms with E-state index in [4.69, 9.17) is 0 Å². The summed E-state index contributed by atoms with van der Waals surface area (Å²) in [4.78, 5) is 23.3. The Morgan fingerprint density at radius 1 is 1.35 bits per heavy atom. The van der Waals surface area contributed by atoms with Gasteiger partial charge < -0.3 is 10.4 Å². The average molecular weight is 344 g/mol. The van der Waals surface area contributed by atoms with Crippen molar-refractivity contribution in [1.82, 2.24) is 5.32 Å². The number of rotatable bonds is 4. The summed E-state index contributed by atoms with van der Waals surface area (Å²) in [5.41, 5.74) is -0.552. The number of carbonyl (C=O) groups excluding carboxylic acids is 1. The number of carbonyl (C=O) groups is 2. The molecule has 1 aliphatic rings. The van der Waals surface area contributed by atoms with Crippen molar-refractivity contribution in [2.75, 3.05) is 6.54 Å². The van der Waals surface area contributed by atoms with Gasteiger partial charge in [0.1, 0.15) is 5.82 Å². The van der Waals surface area contributed by atoms with E-state index in [1.807, 2.05) is 0 Å². The molecule has 1 amide bonds. The van der Waals surface area contributed by atoms with Gasteiger partial charge in [-0.2, -0.15) is 0 Å². The third-order valence-corrected chi connectivity index (χ3v) is 4.39. The lowest BCUT2D eigenvalue weighted by Crippen LogP contribution is -2.41. The van der Waals surface area contributed by atoms with Gasteiger partial charge in [-0.25, -0.2) is 4.39 Å². The van der Waals surface area contributed by atoms with Crippen LogP contribution in [0, 0.1) is 11.2 Å². The van der Waals surface area contributed by atoms with Crippen LogP contribution < -0.4 is 5.32 Å². The van der Waals surface area contributed by atoms with Gasteiger partial charge in [0.05, 0.1) is 9.89 Å². The third kappa shape index (κ3) is 3.00. The van der Waals surface area contributed by atoms with Crippen LogP contribution in [0.4, 0.5) is 4.39 Å². The third-order valence-electron chi connectivity index (χ3n) is 3.78. The number of carboxylic acids is 1. The topological polar surface area (TPSA) is 66.4 Å². The van der Waals surface area contributed by atoms with Crippen LogP contribution >= 0.6 is 15.9 Å². The van der Waals surface area contributed by atoms with Crippen molar-refractivity contribution in [3.8, 4) is 0 Å². The van der Waals surface area contributed by atoms with E-state index in [2.05, 4.69) is 21.2 Å². The molecule has 0 saturated heterocycles. The van der Waals surface area contributed by atoms with Crippen LogP contribution in [0.3, 0.4) is 0 Å². The van der Waals surface area contributed by atoms with Crippen molar-refractivity contribution in [3.63, 3.8) is 0 Å². The van der Waals surface area contributed by atoms with E-state index in [1.165, 1.54) is 18.2 Å². The van der Waals surface area contributed by atoms with Gasteiger partial charge in [0.2, 0.25) is 0 Å². The number of halogens is 2. The van der Waals surface area contributed by atoms with E-state index in [9.17, 15) is 19.1 Å². The standard InChI is InChI=1S/C14H15BrFNO3/c15-10-7-9(3-4-11(10)16)12(18)17-8-14(13(19)20)5-1-2-6-14/h3-4,7H,1-2,5-6,8H2,(H,17,18)(H,19,20). The second kappa shape index (κ2) is 5.91. The Bertz CT molecular complexity index is 541. The van der Waals surface area contributed by atoms with Crippen molar-refractivity contribution in [3.05, 3.63) is 34.1 Å². The highest BCUT2D eigenvalue weighted by atomic mass is 79.9. The molecule has 0 radical (unpaired) electrons. The Hall–Kier alpha value is -1.43. The molecule has 1 fully saturated rings. The molecule has 6 heteroatoms. The Kier molecular flexibility index (Phi) is 4.42. The molecular weight excluding hydrogens is 329 g/mol. The van der Waals surface area contributed by atoms with Crippen molar-refractivity contribution in [1.29, 1.82) is 0 Å². The van der Waals surface area contributed by atoms with Gasteiger partial charge in [0, 0.05) is 12.1 Å². The van der Waals surface area contributed by atoms with Gasteiger partial charge in [0.15, 0.2) is 0 Å². The van der Waals surface area contributed by atoms with Crippen LogP contribution in [0.1, 0.15) is 36.0 Å². The quantitative estimate of drug-likeness (QED) is 0.883. The Morgan fingerprint density at radius 2 is 2.00 bits per heavy atom. The molecule has 0 atom stereocenters. The highest BCUT2D eigenvalue weighted by Crippen LogP contribution is 2.37. The summed E-state index contributed by atoms with van der Waals surface area (Å²) in [6, 6.07) is 3.95. The lowest BCUT2D eigenvalue weighted by atomic mass is 9.86. The fraction of sp³-hybridized carbons (Fsp3) is 0.429. The number of carboxylic acid groups (broad SMARTS) is 1. The molecule has 0 heterocycles. The van der Waals surface area contributed by atoms with E-state index in [-0.39, 0.29) is 11.0 Å². The van der Waals surface area contributed by atoms with Crippen LogP contribution in [0.25, 0.3) is 0 Å². The summed E-state index contributed by atoms with van der Waals surface area (Å²) in [5.74, 6) is -1.70. The van der Waals surface area contributed by atoms with Gasteiger partial charge in [0.25, 0.3) is 5.91 Å². The molecule has 0 aromatic heterocycles. The molecule has 2 rings (SSSR count). The lowest BCUT2D eigenvalue weighted by molar-refractivity contribution is -0.148. The number of benzene rings is 1. The van der Waals surface area contributed by atoms with Crippen molar-refractivity contribution in [2.45, 2.75) is 25.7 Å². The monoisotopic (exact) mass is 343 g/mol. The Balaban J connectivity index is 2.04. The summed E-state index contributed by atoms with van der Waals surface area (Å²) in [6.07, 6.45) is 2.89. The summed E-state index contributed by atoms with van der Waals surface area (Å²) in [7, 11) is 0. The Labute approximate surface area is 124 Å². The number of aliphatic carboxylic acids is 1. The van der Waals surface area contributed by atoms with Crippen molar-refractivity contribution in [2.24, 2.45) is 5.41 Å². The molecule has 0 unspecified atom stereocenters. The molecule has 4 nitrogen and oxygen atoms in total. The second-order valence-electron chi connectivity index (χ2n) is 5.10. The largest absolute Gasteiger partial charge is 0.481 e. The minimum atomic E-state index is -0.865. The fourth-order valence-electron chi connectivity index (χ4n) is 2.51. The van der Waals surface area contributed by atoms with Gasteiger partial charge >= 0.3 is 5.97 Å². The molecular formula is C14H15BrFNO3. The number of hydrogen-bond acceptors (Lipinski definition) is 2. The first-order valence-electron chi connectivity index (χ1n) is 6.41. The van der Waals surface area contributed by atoms with Gasteiger partial charge in [-0.3, -0.25) is 9.59 Å². The first-order valence-corrected chi connectivity index (χ1v) is 7.21. The highest BCUT2D eigenvalue weighted by molar-refractivity contribution is 9.10.